The Kier molecular flexibility index (Phi) is 11.5. The van der Waals surface area contributed by atoms with Crippen LogP contribution in [0.15, 0.2) is 54.6 Å². The van der Waals surface area contributed by atoms with E-state index in [1.807, 2.05) is 6.07 Å². The van der Waals surface area contributed by atoms with Crippen LogP contribution in [0.5, 0.6) is 5.75 Å². The molecule has 1 aliphatic rings. The van der Waals surface area contributed by atoms with E-state index in [-0.39, 0.29) is 23.7 Å². The van der Waals surface area contributed by atoms with Gasteiger partial charge in [0.05, 0.1) is 25.4 Å². The van der Waals surface area contributed by atoms with Gasteiger partial charge in [-0.15, -0.1) is 0 Å². The Morgan fingerprint density at radius 1 is 0.972 bits per heavy atom. The van der Waals surface area contributed by atoms with Crippen LogP contribution in [0.4, 0.5) is 4.39 Å². The van der Waals surface area contributed by atoms with Gasteiger partial charge >= 0.3 is 5.97 Å². The molecule has 0 aromatic heterocycles. The van der Waals surface area contributed by atoms with Crippen molar-refractivity contribution in [3.63, 3.8) is 0 Å². The van der Waals surface area contributed by atoms with E-state index in [1.54, 1.807) is 6.07 Å². The zero-order chi connectivity index (χ0) is 25.8. The monoisotopic (exact) mass is 496 g/mol. The number of rotatable bonds is 14. The largest absolute Gasteiger partial charge is 0.491 e. The first-order valence-corrected chi connectivity index (χ1v) is 13.5. The van der Waals surface area contributed by atoms with Crippen molar-refractivity contribution < 1.29 is 23.8 Å². The van der Waals surface area contributed by atoms with E-state index >= 15 is 0 Å². The van der Waals surface area contributed by atoms with Gasteiger partial charge in [0.15, 0.2) is 11.6 Å². The number of hydrogen-bond donors (Lipinski definition) is 1. The highest BCUT2D eigenvalue weighted by molar-refractivity contribution is 5.87. The number of aliphatic hydroxyl groups excluding tert-OH is 1. The fourth-order valence-electron chi connectivity index (χ4n) is 4.93. The first-order valence-electron chi connectivity index (χ1n) is 13.5. The minimum Gasteiger partial charge on any atom is -0.491 e. The standard InChI is InChI=1S/C31H41FO4/c1-3-4-5-8-24-9-11-25(12-10-24)26-13-15-27(16-14-26)28-17-18-30(29(32)21-28)35-19-6-7-20-36-31(34)23(2)22-33/h13-18,21,24-25,33H,2-12,19-20,22H2,1H3. The number of carbonyl (C=O) groups is 1. The van der Waals surface area contributed by atoms with Crippen LogP contribution in [0.1, 0.15) is 82.6 Å². The molecule has 1 fully saturated rings. The Labute approximate surface area is 215 Å². The lowest BCUT2D eigenvalue weighted by molar-refractivity contribution is -0.139. The number of ether oxygens (including phenoxy) is 2. The van der Waals surface area contributed by atoms with Gasteiger partial charge in [-0.25, -0.2) is 9.18 Å². The second-order valence-corrected chi connectivity index (χ2v) is 9.93. The fraction of sp³-hybridized carbons (Fsp3) is 0.516. The summed E-state index contributed by atoms with van der Waals surface area (Å²) >= 11 is 0. The topological polar surface area (TPSA) is 55.8 Å². The SMILES string of the molecule is C=C(CO)C(=O)OCCCCOc1ccc(-c2ccc(C3CCC(CCCCC)CC3)cc2)cc1F. The number of benzene rings is 2. The summed E-state index contributed by atoms with van der Waals surface area (Å²) < 4.78 is 25.2. The van der Waals surface area contributed by atoms with Crippen LogP contribution in [0.25, 0.3) is 11.1 Å². The van der Waals surface area contributed by atoms with E-state index in [0.717, 1.165) is 17.0 Å². The van der Waals surface area contributed by atoms with E-state index in [0.29, 0.717) is 25.4 Å². The molecule has 1 saturated carbocycles. The van der Waals surface area contributed by atoms with Crippen molar-refractivity contribution >= 4 is 5.97 Å². The molecule has 2 aromatic carbocycles. The molecule has 0 amide bonds. The molecule has 0 unspecified atom stereocenters. The quantitative estimate of drug-likeness (QED) is 0.166. The molecule has 1 N–H and O–H groups in total. The molecule has 196 valence electrons. The summed E-state index contributed by atoms with van der Waals surface area (Å²) in [4.78, 5) is 11.4. The lowest BCUT2D eigenvalue weighted by atomic mass is 9.77. The number of halogens is 1. The van der Waals surface area contributed by atoms with Crippen molar-refractivity contribution in [3.8, 4) is 16.9 Å². The number of hydrogen-bond acceptors (Lipinski definition) is 4. The molecule has 0 atom stereocenters. The molecule has 2 aromatic rings. The molecule has 4 nitrogen and oxygen atoms in total. The van der Waals surface area contributed by atoms with Crippen LogP contribution < -0.4 is 4.74 Å². The minimum absolute atomic E-state index is 0.0309. The van der Waals surface area contributed by atoms with Crippen LogP contribution in [0.3, 0.4) is 0 Å². The lowest BCUT2D eigenvalue weighted by Gasteiger charge is -2.29. The zero-order valence-electron chi connectivity index (χ0n) is 21.6. The molecule has 0 heterocycles. The second kappa shape index (κ2) is 14.8. The Morgan fingerprint density at radius 2 is 1.67 bits per heavy atom. The third kappa shape index (κ3) is 8.48. The summed E-state index contributed by atoms with van der Waals surface area (Å²) in [5.74, 6) is 0.787. The molecule has 0 aliphatic heterocycles. The smallest absolute Gasteiger partial charge is 0.335 e. The lowest BCUT2D eigenvalue weighted by Crippen LogP contribution is -2.13. The van der Waals surface area contributed by atoms with Gasteiger partial charge in [-0.05, 0) is 79.2 Å². The first kappa shape index (κ1) is 27.9. The van der Waals surface area contributed by atoms with Gasteiger partial charge in [0.2, 0.25) is 0 Å². The highest BCUT2D eigenvalue weighted by Gasteiger charge is 2.22. The molecule has 0 saturated heterocycles. The van der Waals surface area contributed by atoms with Gasteiger partial charge in [0.1, 0.15) is 0 Å². The van der Waals surface area contributed by atoms with Crippen molar-refractivity contribution in [2.75, 3.05) is 19.8 Å². The summed E-state index contributed by atoms with van der Waals surface area (Å²) in [7, 11) is 0. The van der Waals surface area contributed by atoms with E-state index in [4.69, 9.17) is 14.6 Å². The molecule has 5 heteroatoms. The molecule has 0 radical (unpaired) electrons. The maximum atomic E-state index is 14.6. The number of aliphatic hydroxyl groups is 1. The first-order chi connectivity index (χ1) is 17.5. The van der Waals surface area contributed by atoms with E-state index in [1.165, 1.54) is 63.0 Å². The Morgan fingerprint density at radius 3 is 2.33 bits per heavy atom. The normalized spacial score (nSPS) is 17.5. The van der Waals surface area contributed by atoms with Gasteiger partial charge in [0.25, 0.3) is 0 Å². The summed E-state index contributed by atoms with van der Waals surface area (Å²) in [6.07, 6.45) is 11.8. The molecule has 36 heavy (non-hydrogen) atoms. The fourth-order valence-corrected chi connectivity index (χ4v) is 4.93. The van der Waals surface area contributed by atoms with Crippen LogP contribution in [-0.2, 0) is 9.53 Å². The van der Waals surface area contributed by atoms with Gasteiger partial charge in [0, 0.05) is 0 Å². The molecule has 3 rings (SSSR count). The Hall–Kier alpha value is -2.66. The summed E-state index contributed by atoms with van der Waals surface area (Å²) in [5.41, 5.74) is 3.27. The summed E-state index contributed by atoms with van der Waals surface area (Å²) in [5, 5.41) is 8.84. The zero-order valence-corrected chi connectivity index (χ0v) is 21.6. The highest BCUT2D eigenvalue weighted by atomic mass is 19.1. The highest BCUT2D eigenvalue weighted by Crippen LogP contribution is 2.38. The molecule has 1 aliphatic carbocycles. The third-order valence-corrected chi connectivity index (χ3v) is 7.22. The minimum atomic E-state index is -0.599. The van der Waals surface area contributed by atoms with E-state index in [9.17, 15) is 9.18 Å². The van der Waals surface area contributed by atoms with E-state index < -0.39 is 12.6 Å². The maximum absolute atomic E-state index is 14.6. The predicted octanol–water partition coefficient (Wildman–Crippen LogP) is 7.60. The van der Waals surface area contributed by atoms with Crippen LogP contribution in [0, 0.1) is 11.7 Å². The molecule has 0 bridgehead atoms. The molecular weight excluding hydrogens is 455 g/mol. The summed E-state index contributed by atoms with van der Waals surface area (Å²) in [6.45, 7) is 5.80. The Balaban J connectivity index is 1.43. The van der Waals surface area contributed by atoms with Gasteiger partial charge < -0.3 is 14.6 Å². The molecule has 0 spiro atoms. The van der Waals surface area contributed by atoms with Crippen LogP contribution in [-0.4, -0.2) is 30.9 Å². The second-order valence-electron chi connectivity index (χ2n) is 9.93. The van der Waals surface area contributed by atoms with Crippen LogP contribution >= 0.6 is 0 Å². The number of carbonyl (C=O) groups excluding carboxylic acids is 1. The van der Waals surface area contributed by atoms with Crippen LogP contribution in [0.2, 0.25) is 0 Å². The van der Waals surface area contributed by atoms with Crippen molar-refractivity contribution in [2.24, 2.45) is 5.92 Å². The van der Waals surface area contributed by atoms with Crippen molar-refractivity contribution in [1.82, 2.24) is 0 Å². The van der Waals surface area contributed by atoms with Crippen molar-refractivity contribution in [3.05, 3.63) is 66.0 Å². The average Bonchev–Trinajstić information content (AvgIpc) is 2.91. The van der Waals surface area contributed by atoms with Gasteiger partial charge in [-0.2, -0.15) is 0 Å². The van der Waals surface area contributed by atoms with Gasteiger partial charge in [-0.3, -0.25) is 0 Å². The maximum Gasteiger partial charge on any atom is 0.335 e. The Bertz CT molecular complexity index is 961. The van der Waals surface area contributed by atoms with Crippen molar-refractivity contribution in [2.45, 2.75) is 77.0 Å². The van der Waals surface area contributed by atoms with Crippen molar-refractivity contribution in [1.29, 1.82) is 0 Å². The predicted molar refractivity (Wildman–Crippen MR) is 143 cm³/mol. The number of esters is 1. The number of unbranched alkanes of at least 4 members (excludes halogenated alkanes) is 3. The van der Waals surface area contributed by atoms with Gasteiger partial charge in [-0.1, -0.05) is 69.5 Å². The van der Waals surface area contributed by atoms with E-state index in [2.05, 4.69) is 37.8 Å². The average molecular weight is 497 g/mol. The summed E-state index contributed by atoms with van der Waals surface area (Å²) in [6, 6.07) is 13.7. The molecular formula is C31H41FO4. The third-order valence-electron chi connectivity index (χ3n) is 7.22.